The lowest BCUT2D eigenvalue weighted by atomic mass is 10.3. The van der Waals surface area contributed by atoms with Crippen molar-refractivity contribution in [3.8, 4) is 0 Å². The first-order chi connectivity index (χ1) is 10.6. The van der Waals surface area contributed by atoms with E-state index in [4.69, 9.17) is 4.42 Å². The van der Waals surface area contributed by atoms with Crippen molar-refractivity contribution in [1.82, 2.24) is 15.6 Å². The minimum absolute atomic E-state index is 0. The molecule has 5 nitrogen and oxygen atoms in total. The molecule has 0 saturated heterocycles. The van der Waals surface area contributed by atoms with Crippen molar-refractivity contribution in [2.45, 2.75) is 33.7 Å². The first-order valence-electron chi connectivity index (χ1n) is 7.27. The minimum Gasteiger partial charge on any atom is -0.444 e. The van der Waals surface area contributed by atoms with Crippen LogP contribution in [-0.2, 0) is 13.0 Å². The van der Waals surface area contributed by atoms with Crippen molar-refractivity contribution in [1.29, 1.82) is 0 Å². The van der Waals surface area contributed by atoms with E-state index in [-0.39, 0.29) is 24.0 Å². The molecule has 0 unspecified atom stereocenters. The SMILES string of the molecule is CCNC(=NCc1nc(C)c(C)o1)NCCc1ccc(Br)s1.I. The van der Waals surface area contributed by atoms with Gasteiger partial charge in [0.1, 0.15) is 12.3 Å². The van der Waals surface area contributed by atoms with Crippen molar-refractivity contribution < 1.29 is 4.42 Å². The number of nitrogens with zero attached hydrogens (tertiary/aromatic N) is 2. The summed E-state index contributed by atoms with van der Waals surface area (Å²) >= 11 is 5.24. The molecule has 0 radical (unpaired) electrons. The molecule has 0 aliphatic carbocycles. The summed E-state index contributed by atoms with van der Waals surface area (Å²) in [5, 5.41) is 6.56. The van der Waals surface area contributed by atoms with Gasteiger partial charge in [-0.1, -0.05) is 0 Å². The molecule has 0 atom stereocenters. The molecule has 0 aliphatic heterocycles. The van der Waals surface area contributed by atoms with Gasteiger partial charge >= 0.3 is 0 Å². The summed E-state index contributed by atoms with van der Waals surface area (Å²) in [7, 11) is 0. The average molecular weight is 513 g/mol. The fourth-order valence-corrected chi connectivity index (χ4v) is 3.37. The Morgan fingerprint density at radius 1 is 1.35 bits per heavy atom. The molecule has 2 heterocycles. The van der Waals surface area contributed by atoms with Crippen molar-refractivity contribution in [3.63, 3.8) is 0 Å². The molecule has 2 aromatic heterocycles. The number of hydrogen-bond donors (Lipinski definition) is 2. The van der Waals surface area contributed by atoms with E-state index in [2.05, 4.69) is 48.7 Å². The molecule has 2 N–H and O–H groups in total. The van der Waals surface area contributed by atoms with Gasteiger partial charge in [0.25, 0.3) is 0 Å². The van der Waals surface area contributed by atoms with Crippen LogP contribution in [0, 0.1) is 13.8 Å². The quantitative estimate of drug-likeness (QED) is 0.348. The van der Waals surface area contributed by atoms with E-state index >= 15 is 0 Å². The molecule has 0 aromatic carbocycles. The van der Waals surface area contributed by atoms with E-state index in [1.54, 1.807) is 11.3 Å². The third-order valence-electron chi connectivity index (χ3n) is 3.08. The van der Waals surface area contributed by atoms with Crippen LogP contribution in [0.2, 0.25) is 0 Å². The summed E-state index contributed by atoms with van der Waals surface area (Å²) in [6.45, 7) is 8.00. The Kier molecular flexibility index (Phi) is 9.15. The Bertz CT molecular complexity index is 622. The number of aliphatic imine (C=N–C) groups is 1. The molecular formula is C15H22BrIN4OS. The van der Waals surface area contributed by atoms with Crippen LogP contribution in [0.5, 0.6) is 0 Å². The predicted molar refractivity (Wildman–Crippen MR) is 110 cm³/mol. The summed E-state index contributed by atoms with van der Waals surface area (Å²) in [5.41, 5.74) is 0.923. The zero-order valence-corrected chi connectivity index (χ0v) is 18.2. The van der Waals surface area contributed by atoms with Crippen LogP contribution in [-0.4, -0.2) is 24.0 Å². The van der Waals surface area contributed by atoms with Gasteiger partial charge in [0.05, 0.1) is 9.48 Å². The second kappa shape index (κ2) is 10.3. The molecule has 2 aromatic rings. The number of thiophene rings is 1. The molecule has 128 valence electrons. The third-order valence-corrected chi connectivity index (χ3v) is 4.77. The lowest BCUT2D eigenvalue weighted by molar-refractivity contribution is 0.473. The molecule has 0 saturated carbocycles. The van der Waals surface area contributed by atoms with Crippen LogP contribution >= 0.6 is 51.2 Å². The highest BCUT2D eigenvalue weighted by molar-refractivity contribution is 14.0. The molecule has 23 heavy (non-hydrogen) atoms. The van der Waals surface area contributed by atoms with Crippen LogP contribution in [0.1, 0.15) is 29.1 Å². The summed E-state index contributed by atoms with van der Waals surface area (Å²) in [6, 6.07) is 4.21. The van der Waals surface area contributed by atoms with Crippen molar-refractivity contribution in [2.24, 2.45) is 4.99 Å². The maximum Gasteiger partial charge on any atom is 0.216 e. The van der Waals surface area contributed by atoms with E-state index in [1.807, 2.05) is 20.8 Å². The van der Waals surface area contributed by atoms with Crippen LogP contribution in [0.4, 0.5) is 0 Å². The number of aryl methyl sites for hydroxylation is 2. The second-order valence-corrected chi connectivity index (χ2v) is 7.37. The van der Waals surface area contributed by atoms with Gasteiger partial charge in [0.2, 0.25) is 5.89 Å². The van der Waals surface area contributed by atoms with Gasteiger partial charge in [-0.2, -0.15) is 0 Å². The number of guanidine groups is 1. The zero-order chi connectivity index (χ0) is 15.9. The number of rotatable bonds is 6. The summed E-state index contributed by atoms with van der Waals surface area (Å²) in [5.74, 6) is 2.28. The Morgan fingerprint density at radius 3 is 2.70 bits per heavy atom. The fraction of sp³-hybridized carbons (Fsp3) is 0.467. The smallest absolute Gasteiger partial charge is 0.216 e. The van der Waals surface area contributed by atoms with Crippen molar-refractivity contribution in [3.05, 3.63) is 38.1 Å². The maximum absolute atomic E-state index is 5.54. The van der Waals surface area contributed by atoms with E-state index in [1.165, 1.54) is 4.88 Å². The van der Waals surface area contributed by atoms with Gasteiger partial charge in [-0.25, -0.2) is 9.98 Å². The number of oxazole rings is 1. The second-order valence-electron chi connectivity index (χ2n) is 4.83. The van der Waals surface area contributed by atoms with Gasteiger partial charge in [-0.05, 0) is 55.3 Å². The monoisotopic (exact) mass is 512 g/mol. The topological polar surface area (TPSA) is 62.5 Å². The van der Waals surface area contributed by atoms with Crippen LogP contribution in [0.3, 0.4) is 0 Å². The van der Waals surface area contributed by atoms with E-state index in [0.717, 1.165) is 40.7 Å². The zero-order valence-electron chi connectivity index (χ0n) is 13.5. The molecule has 0 bridgehead atoms. The van der Waals surface area contributed by atoms with E-state index in [9.17, 15) is 0 Å². The Balaban J connectivity index is 0.00000264. The highest BCUT2D eigenvalue weighted by atomic mass is 127. The summed E-state index contributed by atoms with van der Waals surface area (Å²) in [6.07, 6.45) is 0.970. The molecule has 0 amide bonds. The first-order valence-corrected chi connectivity index (χ1v) is 8.88. The highest BCUT2D eigenvalue weighted by Gasteiger charge is 2.05. The van der Waals surface area contributed by atoms with Crippen LogP contribution < -0.4 is 10.6 Å². The number of hydrogen-bond acceptors (Lipinski definition) is 4. The van der Waals surface area contributed by atoms with Crippen molar-refractivity contribution in [2.75, 3.05) is 13.1 Å². The predicted octanol–water partition coefficient (Wildman–Crippen LogP) is 4.03. The molecular weight excluding hydrogens is 491 g/mol. The van der Waals surface area contributed by atoms with Gasteiger partial charge in [0, 0.05) is 18.0 Å². The molecule has 8 heteroatoms. The van der Waals surface area contributed by atoms with Gasteiger partial charge in [0.15, 0.2) is 5.96 Å². The lowest BCUT2D eigenvalue weighted by Gasteiger charge is -2.10. The summed E-state index contributed by atoms with van der Waals surface area (Å²) in [4.78, 5) is 10.2. The Hall–Kier alpha value is -0.610. The van der Waals surface area contributed by atoms with Gasteiger partial charge in [-0.15, -0.1) is 35.3 Å². The van der Waals surface area contributed by atoms with Crippen molar-refractivity contribution >= 4 is 57.2 Å². The molecule has 0 spiro atoms. The normalized spacial score (nSPS) is 11.2. The van der Waals surface area contributed by atoms with E-state index in [0.29, 0.717) is 12.4 Å². The summed E-state index contributed by atoms with van der Waals surface area (Å²) < 4.78 is 6.71. The largest absolute Gasteiger partial charge is 0.444 e. The van der Waals surface area contributed by atoms with Gasteiger partial charge < -0.3 is 15.1 Å². The molecule has 0 aliphatic rings. The van der Waals surface area contributed by atoms with Crippen LogP contribution in [0.25, 0.3) is 0 Å². The third kappa shape index (κ3) is 6.80. The molecule has 0 fully saturated rings. The fourth-order valence-electron chi connectivity index (χ4n) is 1.89. The first kappa shape index (κ1) is 20.4. The highest BCUT2D eigenvalue weighted by Crippen LogP contribution is 2.22. The van der Waals surface area contributed by atoms with Gasteiger partial charge in [-0.3, -0.25) is 0 Å². The number of halogens is 2. The molecule has 2 rings (SSSR count). The maximum atomic E-state index is 5.54. The Morgan fingerprint density at radius 2 is 2.13 bits per heavy atom. The average Bonchev–Trinajstić information content (AvgIpc) is 3.03. The number of aromatic nitrogens is 1. The van der Waals surface area contributed by atoms with Crippen LogP contribution in [0.15, 0.2) is 25.3 Å². The lowest BCUT2D eigenvalue weighted by Crippen LogP contribution is -2.38. The number of nitrogens with one attached hydrogen (secondary N) is 2. The Labute approximate surface area is 166 Å². The minimum atomic E-state index is 0. The van der Waals surface area contributed by atoms with E-state index < -0.39 is 0 Å². The standard InChI is InChI=1S/C15H21BrN4OS.HI/c1-4-17-15(18-8-7-12-5-6-13(16)22-12)19-9-14-20-10(2)11(3)21-14;/h5-6H,4,7-9H2,1-3H3,(H2,17,18,19);1H.